The molecule has 198 valence electrons. The largest absolute Gasteiger partial charge is 0.357 e. The third-order valence-corrected chi connectivity index (χ3v) is 8.70. The number of unbranched alkanes of at least 4 members (excludes halogenated alkanes) is 1. The number of aromatic nitrogens is 1. The molecule has 2 saturated heterocycles. The molecule has 0 unspecified atom stereocenters. The van der Waals surface area contributed by atoms with Crippen LogP contribution in [0.15, 0.2) is 52.7 Å². The summed E-state index contributed by atoms with van der Waals surface area (Å²) in [6.07, 6.45) is 8.31. The minimum absolute atomic E-state index is 0.136. The second-order valence-electron chi connectivity index (χ2n) is 9.86. The van der Waals surface area contributed by atoms with Crippen LogP contribution in [0.5, 0.6) is 0 Å². The number of piperidine rings is 1. The van der Waals surface area contributed by atoms with Crippen molar-refractivity contribution in [2.24, 2.45) is 5.92 Å². The highest BCUT2D eigenvalue weighted by Crippen LogP contribution is 2.37. The maximum atomic E-state index is 13.5. The van der Waals surface area contributed by atoms with Gasteiger partial charge in [-0.15, -0.1) is 6.58 Å². The first kappa shape index (κ1) is 27.9. The van der Waals surface area contributed by atoms with Crippen molar-refractivity contribution in [1.82, 2.24) is 9.47 Å². The zero-order valence-electron chi connectivity index (χ0n) is 22.1. The zero-order chi connectivity index (χ0) is 27.2. The maximum absolute atomic E-state index is 13.5. The van der Waals surface area contributed by atoms with E-state index in [9.17, 15) is 14.9 Å². The number of hydrogen-bond donors (Lipinski definition) is 0. The van der Waals surface area contributed by atoms with Gasteiger partial charge in [-0.2, -0.15) is 5.26 Å². The molecule has 8 heteroatoms. The number of carbonyl (C=O) groups is 1. The van der Waals surface area contributed by atoms with Crippen molar-refractivity contribution in [3.8, 4) is 6.07 Å². The Bertz CT molecular complexity index is 1350. The smallest absolute Gasteiger partial charge is 0.270 e. The van der Waals surface area contributed by atoms with Crippen molar-refractivity contribution in [1.29, 1.82) is 5.26 Å². The standard InChI is InChI=1S/C30H34N4O2S2/c1-4-6-15-33-27(32-16-12-23(13-17-32)18-22-10-8-7-9-11-22)24(21(3)25(20-31)28(33)35)19-26-29(36)34(14-5-2)30(37)38-26/h5,7-11,19,23H,2,4,6,12-18H2,1,3H3/b26-19+. The summed E-state index contributed by atoms with van der Waals surface area (Å²) < 4.78 is 2.25. The topological polar surface area (TPSA) is 69.3 Å². The first-order chi connectivity index (χ1) is 18.4. The number of nitrogens with zero attached hydrogens (tertiary/aromatic N) is 4. The molecule has 3 heterocycles. The normalized spacial score (nSPS) is 17.3. The molecule has 2 aliphatic heterocycles. The molecule has 2 aromatic rings. The lowest BCUT2D eigenvalue weighted by Gasteiger charge is -2.36. The number of rotatable bonds is 9. The Balaban J connectivity index is 1.75. The van der Waals surface area contributed by atoms with Crippen LogP contribution in [0.3, 0.4) is 0 Å². The van der Waals surface area contributed by atoms with Crippen LogP contribution in [-0.4, -0.2) is 39.3 Å². The summed E-state index contributed by atoms with van der Waals surface area (Å²) in [4.78, 5) is 31.0. The van der Waals surface area contributed by atoms with Crippen LogP contribution in [0.4, 0.5) is 5.82 Å². The van der Waals surface area contributed by atoms with Crippen LogP contribution in [0, 0.1) is 24.2 Å². The Kier molecular flexibility index (Phi) is 9.24. The van der Waals surface area contributed by atoms with Crippen LogP contribution >= 0.6 is 24.0 Å². The molecule has 0 atom stereocenters. The predicted octanol–water partition coefficient (Wildman–Crippen LogP) is 5.67. The molecule has 1 amide bonds. The molecule has 0 radical (unpaired) electrons. The number of hydrogen-bond acceptors (Lipinski definition) is 6. The molecule has 0 spiro atoms. The quantitative estimate of drug-likeness (QED) is 0.229. The van der Waals surface area contributed by atoms with Gasteiger partial charge in [-0.25, -0.2) is 0 Å². The molecule has 0 aliphatic carbocycles. The fraction of sp³-hybridized carbons (Fsp3) is 0.400. The lowest BCUT2D eigenvalue weighted by Crippen LogP contribution is -2.40. The van der Waals surface area contributed by atoms with E-state index in [0.29, 0.717) is 33.8 Å². The highest BCUT2D eigenvalue weighted by Gasteiger charge is 2.33. The van der Waals surface area contributed by atoms with Crippen molar-refractivity contribution in [2.45, 2.75) is 52.5 Å². The predicted molar refractivity (Wildman–Crippen MR) is 160 cm³/mol. The summed E-state index contributed by atoms with van der Waals surface area (Å²) >= 11 is 6.70. The van der Waals surface area contributed by atoms with Crippen LogP contribution in [-0.2, 0) is 17.8 Å². The first-order valence-electron chi connectivity index (χ1n) is 13.2. The molecular formula is C30H34N4O2S2. The molecule has 0 N–H and O–H groups in total. The molecule has 0 bridgehead atoms. The number of thioether (sulfide) groups is 1. The van der Waals surface area contributed by atoms with Gasteiger partial charge in [0.15, 0.2) is 0 Å². The number of nitriles is 1. The van der Waals surface area contributed by atoms with E-state index in [1.165, 1.54) is 22.2 Å². The van der Waals surface area contributed by atoms with Crippen LogP contribution in [0.2, 0.25) is 0 Å². The summed E-state index contributed by atoms with van der Waals surface area (Å²) in [7, 11) is 0. The Hall–Kier alpha value is -3.15. The molecule has 2 aliphatic rings. The van der Waals surface area contributed by atoms with Gasteiger partial charge in [-0.05, 0) is 55.7 Å². The van der Waals surface area contributed by atoms with Gasteiger partial charge in [0.2, 0.25) is 0 Å². The van der Waals surface area contributed by atoms with Gasteiger partial charge in [0, 0.05) is 31.7 Å². The first-order valence-corrected chi connectivity index (χ1v) is 14.4. The Morgan fingerprint density at radius 3 is 2.55 bits per heavy atom. The van der Waals surface area contributed by atoms with E-state index >= 15 is 0 Å². The minimum Gasteiger partial charge on any atom is -0.357 e. The minimum atomic E-state index is -0.254. The molecule has 0 saturated carbocycles. The Morgan fingerprint density at radius 2 is 1.92 bits per heavy atom. The summed E-state index contributed by atoms with van der Waals surface area (Å²) in [6.45, 7) is 10.1. The van der Waals surface area contributed by atoms with Gasteiger partial charge in [-0.3, -0.25) is 19.1 Å². The van der Waals surface area contributed by atoms with Crippen molar-refractivity contribution in [3.05, 3.63) is 80.5 Å². The number of carbonyl (C=O) groups excluding carboxylic acids is 1. The molecule has 1 aromatic carbocycles. The molecule has 4 rings (SSSR count). The SMILES string of the molecule is C=CCN1C(=O)/C(=C\c2c(C)c(C#N)c(=O)n(CCCC)c2N2CCC(Cc3ccccc3)CC2)SC1=S. The molecule has 1 aromatic heterocycles. The maximum Gasteiger partial charge on any atom is 0.270 e. The fourth-order valence-electron chi connectivity index (χ4n) is 5.22. The monoisotopic (exact) mass is 546 g/mol. The lowest BCUT2D eigenvalue weighted by molar-refractivity contribution is -0.121. The number of anilines is 1. The Labute approximate surface area is 234 Å². The second-order valence-corrected chi connectivity index (χ2v) is 11.5. The summed E-state index contributed by atoms with van der Waals surface area (Å²) in [5.74, 6) is 1.21. The van der Waals surface area contributed by atoms with Crippen LogP contribution < -0.4 is 10.5 Å². The average Bonchev–Trinajstić information content (AvgIpc) is 3.18. The third kappa shape index (κ3) is 5.79. The van der Waals surface area contributed by atoms with E-state index < -0.39 is 0 Å². The molecule has 2 fully saturated rings. The number of thiocarbonyl (C=S) groups is 1. The van der Waals surface area contributed by atoms with Gasteiger partial charge in [0.05, 0.1) is 4.91 Å². The van der Waals surface area contributed by atoms with E-state index in [0.717, 1.165) is 56.6 Å². The van der Waals surface area contributed by atoms with Crippen molar-refractivity contribution >= 4 is 46.1 Å². The van der Waals surface area contributed by atoms with E-state index in [4.69, 9.17) is 12.2 Å². The lowest BCUT2D eigenvalue weighted by atomic mass is 9.90. The van der Waals surface area contributed by atoms with Crippen molar-refractivity contribution in [2.75, 3.05) is 24.5 Å². The molecule has 6 nitrogen and oxygen atoms in total. The van der Waals surface area contributed by atoms with Gasteiger partial charge in [-0.1, -0.05) is 73.7 Å². The molecule has 38 heavy (non-hydrogen) atoms. The molecular weight excluding hydrogens is 512 g/mol. The summed E-state index contributed by atoms with van der Waals surface area (Å²) in [5, 5.41) is 9.91. The average molecular weight is 547 g/mol. The van der Waals surface area contributed by atoms with E-state index in [1.54, 1.807) is 10.6 Å². The number of amides is 1. The summed E-state index contributed by atoms with van der Waals surface area (Å²) in [5.41, 5.74) is 2.61. The van der Waals surface area contributed by atoms with Crippen LogP contribution in [0.1, 0.15) is 54.9 Å². The third-order valence-electron chi connectivity index (χ3n) is 7.32. The highest BCUT2D eigenvalue weighted by atomic mass is 32.2. The van der Waals surface area contributed by atoms with Crippen molar-refractivity contribution < 1.29 is 4.79 Å². The fourth-order valence-corrected chi connectivity index (χ4v) is 6.48. The Morgan fingerprint density at radius 1 is 1.21 bits per heavy atom. The van der Waals surface area contributed by atoms with E-state index in [1.807, 2.05) is 19.1 Å². The van der Waals surface area contributed by atoms with E-state index in [-0.39, 0.29) is 17.0 Å². The number of pyridine rings is 1. The number of benzene rings is 1. The van der Waals surface area contributed by atoms with Gasteiger partial charge >= 0.3 is 0 Å². The highest BCUT2D eigenvalue weighted by molar-refractivity contribution is 8.26. The van der Waals surface area contributed by atoms with Gasteiger partial charge < -0.3 is 4.90 Å². The van der Waals surface area contributed by atoms with Gasteiger partial charge in [0.25, 0.3) is 11.5 Å². The van der Waals surface area contributed by atoms with Crippen molar-refractivity contribution in [3.63, 3.8) is 0 Å². The summed E-state index contributed by atoms with van der Waals surface area (Å²) in [6, 6.07) is 12.7. The van der Waals surface area contributed by atoms with E-state index in [2.05, 4.69) is 48.7 Å². The van der Waals surface area contributed by atoms with Gasteiger partial charge in [0.1, 0.15) is 21.8 Å². The zero-order valence-corrected chi connectivity index (χ0v) is 23.7. The second kappa shape index (κ2) is 12.6. The van der Waals surface area contributed by atoms with Crippen LogP contribution in [0.25, 0.3) is 6.08 Å².